The number of benzene rings is 2. The molecule has 0 N–H and O–H groups in total. The summed E-state index contributed by atoms with van der Waals surface area (Å²) in [6.45, 7) is 8.72. The van der Waals surface area contributed by atoms with Gasteiger partial charge in [0.1, 0.15) is 11.2 Å². The summed E-state index contributed by atoms with van der Waals surface area (Å²) >= 11 is 5.67. The van der Waals surface area contributed by atoms with E-state index < -0.39 is 0 Å². The third kappa shape index (κ3) is 4.86. The van der Waals surface area contributed by atoms with Gasteiger partial charge in [0.15, 0.2) is 0 Å². The number of thioether (sulfide) groups is 2. The van der Waals surface area contributed by atoms with Gasteiger partial charge in [-0.25, -0.2) is 0 Å². The van der Waals surface area contributed by atoms with E-state index >= 15 is 0 Å². The first-order chi connectivity index (χ1) is 18.1. The van der Waals surface area contributed by atoms with E-state index in [2.05, 4.69) is 97.2 Å². The zero-order valence-corrected chi connectivity index (χ0v) is 24.7. The van der Waals surface area contributed by atoms with Crippen molar-refractivity contribution in [2.75, 3.05) is 17.7 Å². The second-order valence-electron chi connectivity index (χ2n) is 10.2. The van der Waals surface area contributed by atoms with E-state index in [1.54, 1.807) is 0 Å². The fraction of sp³-hybridized carbons (Fsp3) is 0.344. The lowest BCUT2D eigenvalue weighted by Gasteiger charge is -2.28. The van der Waals surface area contributed by atoms with E-state index in [4.69, 9.17) is 0 Å². The number of hydrogen-bond acceptors (Lipinski definition) is 4. The molecule has 5 heteroatoms. The largest absolute Gasteiger partial charge is 0.335 e. The van der Waals surface area contributed by atoms with Crippen LogP contribution in [0, 0.1) is 12.8 Å². The van der Waals surface area contributed by atoms with Gasteiger partial charge in [-0.1, -0.05) is 41.3 Å². The summed E-state index contributed by atoms with van der Waals surface area (Å²) in [4.78, 5) is 5.20. The normalized spacial score (nSPS) is 21.4. The molecule has 0 fully saturated rings. The summed E-state index contributed by atoms with van der Waals surface area (Å²) in [6.07, 6.45) is 17.0. The molecule has 1 atom stereocenters. The maximum absolute atomic E-state index is 2.50. The summed E-state index contributed by atoms with van der Waals surface area (Å²) in [6, 6.07) is 13.7. The number of aryl methyl sites for hydroxylation is 2. The van der Waals surface area contributed by atoms with E-state index in [0.717, 1.165) is 13.1 Å². The molecule has 3 aliphatic rings. The molecule has 1 unspecified atom stereocenters. The fourth-order valence-corrected chi connectivity index (χ4v) is 8.64. The van der Waals surface area contributed by atoms with E-state index in [-0.39, 0.29) is 0 Å². The smallest absolute Gasteiger partial charge is 0.263 e. The third-order valence-electron chi connectivity index (χ3n) is 7.81. The van der Waals surface area contributed by atoms with Crippen LogP contribution in [0.2, 0.25) is 0 Å². The Kier molecular flexibility index (Phi) is 7.13. The zero-order valence-electron chi connectivity index (χ0n) is 22.2. The molecule has 0 radical (unpaired) electrons. The van der Waals surface area contributed by atoms with Gasteiger partial charge in [-0.2, -0.15) is 4.57 Å². The third-order valence-corrected chi connectivity index (χ3v) is 10.8. The molecule has 2 aliphatic carbocycles. The van der Waals surface area contributed by atoms with E-state index in [1.807, 2.05) is 34.9 Å². The minimum atomic E-state index is 0.711. The van der Waals surface area contributed by atoms with Gasteiger partial charge in [0.2, 0.25) is 5.52 Å². The number of rotatable bonds is 5. The number of thiazole rings is 1. The number of anilines is 1. The summed E-state index contributed by atoms with van der Waals surface area (Å²) in [5.41, 5.74) is 8.55. The molecule has 0 amide bonds. The lowest BCUT2D eigenvalue weighted by atomic mass is 9.77. The van der Waals surface area contributed by atoms with Crippen molar-refractivity contribution in [3.05, 3.63) is 86.9 Å². The van der Waals surface area contributed by atoms with Crippen LogP contribution in [-0.4, -0.2) is 12.8 Å². The second kappa shape index (κ2) is 10.5. The number of hydrogen-bond donors (Lipinski definition) is 0. The van der Waals surface area contributed by atoms with Gasteiger partial charge in [-0.3, -0.25) is 0 Å². The molecule has 0 spiro atoms. The molecule has 37 heavy (non-hydrogen) atoms. The quantitative estimate of drug-likeness (QED) is 0.234. The van der Waals surface area contributed by atoms with Crippen LogP contribution in [0.3, 0.4) is 0 Å². The molecule has 0 saturated heterocycles. The van der Waals surface area contributed by atoms with Gasteiger partial charge in [-0.05, 0) is 111 Å². The first-order valence-corrected chi connectivity index (χ1v) is 16.3. The Morgan fingerprint density at radius 2 is 1.92 bits per heavy atom. The predicted octanol–water partition coefficient (Wildman–Crippen LogP) is 9.15. The first kappa shape index (κ1) is 25.1. The number of aromatic nitrogens is 1. The van der Waals surface area contributed by atoms with Crippen molar-refractivity contribution in [2.24, 2.45) is 5.92 Å². The van der Waals surface area contributed by atoms with Crippen LogP contribution in [0.1, 0.15) is 50.1 Å². The minimum Gasteiger partial charge on any atom is -0.335 e. The highest BCUT2D eigenvalue weighted by atomic mass is 32.2. The minimum absolute atomic E-state index is 0.711. The molecular weight excluding hydrogens is 509 g/mol. The first-order valence-electron chi connectivity index (χ1n) is 13.5. The molecule has 3 aromatic rings. The van der Waals surface area contributed by atoms with Crippen LogP contribution in [0.5, 0.6) is 0 Å². The van der Waals surface area contributed by atoms with Gasteiger partial charge in [-0.15, -0.1) is 11.8 Å². The maximum Gasteiger partial charge on any atom is 0.263 e. The lowest BCUT2D eigenvalue weighted by Crippen LogP contribution is -2.33. The molecule has 0 saturated carbocycles. The van der Waals surface area contributed by atoms with Crippen molar-refractivity contribution < 1.29 is 4.57 Å². The Balaban J connectivity index is 1.31. The van der Waals surface area contributed by atoms with Crippen LogP contribution < -0.4 is 9.47 Å². The summed E-state index contributed by atoms with van der Waals surface area (Å²) in [5, 5.41) is 2.75. The molecule has 6 rings (SSSR count). The Labute approximate surface area is 233 Å². The van der Waals surface area contributed by atoms with Crippen molar-refractivity contribution in [3.8, 4) is 0 Å². The van der Waals surface area contributed by atoms with E-state index in [9.17, 15) is 0 Å². The van der Waals surface area contributed by atoms with Gasteiger partial charge in [0, 0.05) is 28.5 Å². The average molecular weight is 544 g/mol. The molecular formula is C32H35N2S3+. The highest BCUT2D eigenvalue weighted by Crippen LogP contribution is 2.47. The molecule has 2 nitrogen and oxygen atoms in total. The monoisotopic (exact) mass is 543 g/mol. The predicted molar refractivity (Wildman–Crippen MR) is 164 cm³/mol. The van der Waals surface area contributed by atoms with Crippen molar-refractivity contribution in [3.63, 3.8) is 0 Å². The second-order valence-corrected chi connectivity index (χ2v) is 13.2. The maximum atomic E-state index is 2.50. The molecule has 0 bridgehead atoms. The van der Waals surface area contributed by atoms with Gasteiger partial charge >= 0.3 is 0 Å². The van der Waals surface area contributed by atoms with Gasteiger partial charge in [0.05, 0.1) is 10.7 Å². The number of fused-ring (bicyclic) bond motifs is 3. The Morgan fingerprint density at radius 3 is 2.73 bits per heavy atom. The summed E-state index contributed by atoms with van der Waals surface area (Å²) < 4.78 is 3.87. The summed E-state index contributed by atoms with van der Waals surface area (Å²) in [5.74, 6) is 0.711. The molecule has 190 valence electrons. The van der Waals surface area contributed by atoms with Crippen molar-refractivity contribution in [2.45, 2.75) is 62.8 Å². The van der Waals surface area contributed by atoms with E-state index in [0.29, 0.717) is 5.92 Å². The molecule has 1 aliphatic heterocycles. The van der Waals surface area contributed by atoms with Crippen LogP contribution in [-0.2, 0) is 6.54 Å². The molecule has 1 aromatic heterocycles. The SMILES string of the molecule is CCN1C(=CC2=CC3=CC(=Cc4sc5ccc(SC)cc5[n+]4CC)CCC3CC2)Sc2ccc(C)cc21. The van der Waals surface area contributed by atoms with Crippen molar-refractivity contribution in [1.29, 1.82) is 0 Å². The van der Waals surface area contributed by atoms with E-state index in [1.165, 1.54) is 83.7 Å². The number of nitrogens with zero attached hydrogens (tertiary/aromatic N) is 2. The standard InChI is InChI=1S/C32H35N2S3/c1-5-33-27-15-21(3)7-13-29(27)36-31(33)18-22-8-10-24-11-9-23(17-25(24)16-22)19-32-34(6-2)28-20-26(35-4)12-14-30(28)37-32/h7,12-20,24H,5-6,8-11H2,1-4H3/q+1. The summed E-state index contributed by atoms with van der Waals surface area (Å²) in [7, 11) is 0. The molecule has 2 aromatic carbocycles. The Hall–Kier alpha value is -2.21. The highest BCUT2D eigenvalue weighted by molar-refractivity contribution is 8.03. The Bertz CT molecular complexity index is 1490. The zero-order chi connectivity index (χ0) is 25.5. The fourth-order valence-electron chi connectivity index (χ4n) is 5.84. The Morgan fingerprint density at radius 1 is 1.05 bits per heavy atom. The van der Waals surface area contributed by atoms with Crippen LogP contribution in [0.15, 0.2) is 86.2 Å². The topological polar surface area (TPSA) is 7.12 Å². The average Bonchev–Trinajstić information content (AvgIpc) is 3.43. The molecule has 2 heterocycles. The van der Waals surface area contributed by atoms with Crippen LogP contribution in [0.4, 0.5) is 5.69 Å². The van der Waals surface area contributed by atoms with Crippen molar-refractivity contribution in [1.82, 2.24) is 0 Å². The van der Waals surface area contributed by atoms with Crippen LogP contribution >= 0.6 is 34.9 Å². The van der Waals surface area contributed by atoms with Crippen LogP contribution in [0.25, 0.3) is 16.3 Å². The number of allylic oxidation sites excluding steroid dienone is 6. The van der Waals surface area contributed by atoms with Gasteiger partial charge < -0.3 is 4.90 Å². The highest BCUT2D eigenvalue weighted by Gasteiger charge is 2.27. The van der Waals surface area contributed by atoms with Crippen molar-refractivity contribution >= 4 is 56.8 Å². The van der Waals surface area contributed by atoms with Gasteiger partial charge in [0.25, 0.3) is 5.01 Å². The lowest BCUT2D eigenvalue weighted by molar-refractivity contribution is -0.665.